The predicted octanol–water partition coefficient (Wildman–Crippen LogP) is 4.74. The summed E-state index contributed by atoms with van der Waals surface area (Å²) in [6.45, 7) is 5.22. The van der Waals surface area contributed by atoms with Crippen molar-refractivity contribution in [1.82, 2.24) is 0 Å². The molecule has 0 aliphatic carbocycles. The lowest BCUT2D eigenvalue weighted by molar-refractivity contribution is -0.116. The summed E-state index contributed by atoms with van der Waals surface area (Å²) in [5.41, 5.74) is 0.833. The fraction of sp³-hybridized carbons (Fsp3) is 0.300. The highest BCUT2D eigenvalue weighted by Gasteiger charge is 2.18. The predicted molar refractivity (Wildman–Crippen MR) is 99.6 cm³/mol. The van der Waals surface area contributed by atoms with E-state index >= 15 is 0 Å². The molecular formula is C20H23FN2O3. The third-order valence-corrected chi connectivity index (χ3v) is 3.37. The summed E-state index contributed by atoms with van der Waals surface area (Å²) in [5.74, 6) is -0.787. The fourth-order valence-corrected chi connectivity index (χ4v) is 2.26. The number of aryl methyl sites for hydroxylation is 1. The molecule has 0 aliphatic rings. The summed E-state index contributed by atoms with van der Waals surface area (Å²) in [7, 11) is 0. The van der Waals surface area contributed by atoms with Crippen molar-refractivity contribution >= 4 is 23.4 Å². The van der Waals surface area contributed by atoms with E-state index < -0.39 is 17.5 Å². The van der Waals surface area contributed by atoms with Crippen LogP contribution in [0.2, 0.25) is 0 Å². The van der Waals surface area contributed by atoms with Crippen LogP contribution in [0.15, 0.2) is 48.5 Å². The zero-order valence-electron chi connectivity index (χ0n) is 15.1. The lowest BCUT2D eigenvalue weighted by atomic mass is 10.1. The number of carbonyl (C=O) groups is 2. The number of hydrogen-bond donors (Lipinski definition) is 2. The van der Waals surface area contributed by atoms with Gasteiger partial charge < -0.3 is 10.1 Å². The SMILES string of the molecule is CC(C)(C)OC(=O)Nc1ccc(F)cc1NC(=O)CCc1ccccc1. The maximum absolute atomic E-state index is 13.6. The summed E-state index contributed by atoms with van der Waals surface area (Å²) in [5, 5.41) is 5.17. The van der Waals surface area contributed by atoms with E-state index in [-0.39, 0.29) is 23.7 Å². The topological polar surface area (TPSA) is 67.4 Å². The molecule has 0 aromatic heterocycles. The Labute approximate surface area is 152 Å². The van der Waals surface area contributed by atoms with Crippen molar-refractivity contribution in [3.8, 4) is 0 Å². The van der Waals surface area contributed by atoms with Gasteiger partial charge in [0.2, 0.25) is 5.91 Å². The van der Waals surface area contributed by atoms with Gasteiger partial charge >= 0.3 is 6.09 Å². The van der Waals surface area contributed by atoms with Gasteiger partial charge in [-0.25, -0.2) is 9.18 Å². The van der Waals surface area contributed by atoms with Gasteiger partial charge in [0.05, 0.1) is 11.4 Å². The van der Waals surface area contributed by atoms with Gasteiger partial charge in [-0.05, 0) is 51.0 Å². The molecule has 0 unspecified atom stereocenters. The molecule has 6 heteroatoms. The molecule has 0 fully saturated rings. The highest BCUT2D eigenvalue weighted by molar-refractivity contribution is 5.97. The molecule has 0 radical (unpaired) electrons. The Hall–Kier alpha value is -2.89. The van der Waals surface area contributed by atoms with Crippen molar-refractivity contribution < 1.29 is 18.7 Å². The van der Waals surface area contributed by atoms with E-state index in [1.165, 1.54) is 12.1 Å². The molecule has 5 nitrogen and oxygen atoms in total. The van der Waals surface area contributed by atoms with Gasteiger partial charge in [0.25, 0.3) is 0 Å². The van der Waals surface area contributed by atoms with Gasteiger partial charge in [0.15, 0.2) is 0 Å². The second-order valence-electron chi connectivity index (χ2n) is 6.85. The van der Waals surface area contributed by atoms with Crippen LogP contribution in [0, 0.1) is 5.82 Å². The zero-order chi connectivity index (χ0) is 19.2. The van der Waals surface area contributed by atoms with Gasteiger partial charge in [-0.15, -0.1) is 0 Å². The molecule has 2 rings (SSSR count). The number of halogens is 1. The minimum atomic E-state index is -0.677. The molecule has 0 saturated carbocycles. The van der Waals surface area contributed by atoms with Crippen LogP contribution in [0.25, 0.3) is 0 Å². The number of benzene rings is 2. The van der Waals surface area contributed by atoms with Crippen molar-refractivity contribution in [3.63, 3.8) is 0 Å². The van der Waals surface area contributed by atoms with Crippen molar-refractivity contribution in [3.05, 3.63) is 59.9 Å². The number of hydrogen-bond acceptors (Lipinski definition) is 3. The van der Waals surface area contributed by atoms with Crippen LogP contribution in [0.1, 0.15) is 32.8 Å². The molecule has 138 valence electrons. The smallest absolute Gasteiger partial charge is 0.412 e. The third-order valence-electron chi connectivity index (χ3n) is 3.37. The Balaban J connectivity index is 2.02. The van der Waals surface area contributed by atoms with Gasteiger partial charge in [-0.3, -0.25) is 10.1 Å². The number of carbonyl (C=O) groups excluding carboxylic acids is 2. The molecule has 0 spiro atoms. The molecule has 0 saturated heterocycles. The summed E-state index contributed by atoms with van der Waals surface area (Å²) < 4.78 is 18.7. The van der Waals surface area contributed by atoms with Gasteiger partial charge in [-0.2, -0.15) is 0 Å². The molecule has 0 atom stereocenters. The first-order chi connectivity index (χ1) is 12.2. The Kier molecular flexibility index (Phi) is 6.33. The highest BCUT2D eigenvalue weighted by Crippen LogP contribution is 2.24. The molecule has 0 bridgehead atoms. The Morgan fingerprint density at radius 3 is 2.35 bits per heavy atom. The van der Waals surface area contributed by atoms with Crippen LogP contribution in [0.4, 0.5) is 20.6 Å². The maximum Gasteiger partial charge on any atom is 0.412 e. The average Bonchev–Trinajstić information content (AvgIpc) is 2.55. The van der Waals surface area contributed by atoms with Crippen molar-refractivity contribution in [1.29, 1.82) is 0 Å². The molecule has 2 aromatic carbocycles. The molecule has 0 heterocycles. The number of amides is 2. The van der Waals surface area contributed by atoms with Crippen molar-refractivity contribution in [2.24, 2.45) is 0 Å². The van der Waals surface area contributed by atoms with Crippen molar-refractivity contribution in [2.45, 2.75) is 39.2 Å². The Morgan fingerprint density at radius 2 is 1.69 bits per heavy atom. The first-order valence-electron chi connectivity index (χ1n) is 8.36. The van der Waals surface area contributed by atoms with E-state index in [1.54, 1.807) is 20.8 Å². The Morgan fingerprint density at radius 1 is 1.00 bits per heavy atom. The second kappa shape index (κ2) is 8.47. The monoisotopic (exact) mass is 358 g/mol. The first-order valence-corrected chi connectivity index (χ1v) is 8.36. The maximum atomic E-state index is 13.6. The van der Waals surface area contributed by atoms with Crippen LogP contribution in [-0.2, 0) is 16.0 Å². The highest BCUT2D eigenvalue weighted by atomic mass is 19.1. The van der Waals surface area contributed by atoms with E-state index in [1.807, 2.05) is 30.3 Å². The summed E-state index contributed by atoms with van der Waals surface area (Å²) in [4.78, 5) is 24.1. The lowest BCUT2D eigenvalue weighted by Crippen LogP contribution is -2.27. The number of nitrogens with one attached hydrogen (secondary N) is 2. The Bertz CT molecular complexity index is 770. The van der Waals surface area contributed by atoms with Crippen LogP contribution in [0.5, 0.6) is 0 Å². The van der Waals surface area contributed by atoms with E-state index in [4.69, 9.17) is 4.74 Å². The number of ether oxygens (including phenoxy) is 1. The molecule has 2 aromatic rings. The second-order valence-corrected chi connectivity index (χ2v) is 6.85. The molecule has 0 aliphatic heterocycles. The molecule has 2 N–H and O–H groups in total. The summed E-state index contributed by atoms with van der Waals surface area (Å²) >= 11 is 0. The largest absolute Gasteiger partial charge is 0.444 e. The zero-order valence-corrected chi connectivity index (χ0v) is 15.1. The first kappa shape index (κ1) is 19.4. The molecular weight excluding hydrogens is 335 g/mol. The van der Waals surface area contributed by atoms with Gasteiger partial charge in [0.1, 0.15) is 11.4 Å². The number of rotatable bonds is 5. The summed E-state index contributed by atoms with van der Waals surface area (Å²) in [6.07, 6.45) is 0.132. The van der Waals surface area contributed by atoms with E-state index in [9.17, 15) is 14.0 Å². The van der Waals surface area contributed by atoms with Crippen molar-refractivity contribution in [2.75, 3.05) is 10.6 Å². The number of anilines is 2. The molecule has 2 amide bonds. The van der Waals surface area contributed by atoms with Crippen LogP contribution in [0.3, 0.4) is 0 Å². The third kappa shape index (κ3) is 6.55. The van der Waals surface area contributed by atoms with E-state index in [0.29, 0.717) is 6.42 Å². The van der Waals surface area contributed by atoms with Crippen LogP contribution >= 0.6 is 0 Å². The van der Waals surface area contributed by atoms with Crippen LogP contribution < -0.4 is 10.6 Å². The standard InChI is InChI=1S/C20H23FN2O3/c1-20(2,3)26-19(25)23-16-11-10-15(21)13-17(16)22-18(24)12-9-14-7-5-4-6-8-14/h4-8,10-11,13H,9,12H2,1-3H3,(H,22,24)(H,23,25). The fourth-order valence-electron chi connectivity index (χ4n) is 2.26. The van der Waals surface area contributed by atoms with Crippen LogP contribution in [-0.4, -0.2) is 17.6 Å². The van der Waals surface area contributed by atoms with Gasteiger partial charge in [0, 0.05) is 6.42 Å². The minimum absolute atomic E-state index is 0.189. The minimum Gasteiger partial charge on any atom is -0.444 e. The molecule has 26 heavy (non-hydrogen) atoms. The quantitative estimate of drug-likeness (QED) is 0.811. The average molecular weight is 358 g/mol. The van der Waals surface area contributed by atoms with E-state index in [0.717, 1.165) is 11.6 Å². The van der Waals surface area contributed by atoms with Gasteiger partial charge in [-0.1, -0.05) is 30.3 Å². The normalized spacial score (nSPS) is 10.9. The van der Waals surface area contributed by atoms with E-state index in [2.05, 4.69) is 10.6 Å². The lowest BCUT2D eigenvalue weighted by Gasteiger charge is -2.20. The summed E-state index contributed by atoms with van der Waals surface area (Å²) in [6, 6.07) is 13.3.